The minimum atomic E-state index is -4.77. The van der Waals surface area contributed by atoms with E-state index in [4.69, 9.17) is 4.74 Å². The number of alkyl halides is 3. The van der Waals surface area contributed by atoms with E-state index in [0.717, 1.165) is 11.5 Å². The van der Waals surface area contributed by atoms with Crippen LogP contribution in [0.25, 0.3) is 0 Å². The summed E-state index contributed by atoms with van der Waals surface area (Å²) in [4.78, 5) is 10.8. The predicted molar refractivity (Wildman–Crippen MR) is 96.0 cm³/mol. The first kappa shape index (κ1) is 20.3. The molecule has 0 amide bonds. The van der Waals surface area contributed by atoms with Crippen molar-refractivity contribution < 1.29 is 27.8 Å². The topological polar surface area (TPSA) is 67.7 Å². The molecule has 3 rings (SSSR count). The number of rotatable bonds is 5. The Hall–Kier alpha value is -2.39. The van der Waals surface area contributed by atoms with Crippen LogP contribution in [-0.4, -0.2) is 41.6 Å². The number of aryl methyl sites for hydroxylation is 1. The van der Waals surface area contributed by atoms with Crippen molar-refractivity contribution >= 4 is 5.82 Å². The van der Waals surface area contributed by atoms with Crippen LogP contribution < -0.4 is 9.64 Å². The van der Waals surface area contributed by atoms with Crippen LogP contribution in [0.2, 0.25) is 0 Å². The molecule has 1 aliphatic rings. The molecule has 0 radical (unpaired) electrons. The van der Waals surface area contributed by atoms with Gasteiger partial charge in [-0.1, -0.05) is 12.1 Å². The zero-order valence-electron chi connectivity index (χ0n) is 15.7. The molecule has 28 heavy (non-hydrogen) atoms. The van der Waals surface area contributed by atoms with Crippen molar-refractivity contribution in [2.45, 2.75) is 38.3 Å². The van der Waals surface area contributed by atoms with Gasteiger partial charge in [0.2, 0.25) is 0 Å². The lowest BCUT2D eigenvalue weighted by Crippen LogP contribution is -2.43. The maximum absolute atomic E-state index is 12.5. The number of methoxy groups -OCH3 is 1. The Morgan fingerprint density at radius 2 is 1.89 bits per heavy atom. The second kappa shape index (κ2) is 7.92. The fourth-order valence-corrected chi connectivity index (χ4v) is 3.34. The Labute approximate surface area is 160 Å². The minimum absolute atomic E-state index is 0.304. The standard InChI is InChI=1S/C19H22F3N3O3/c1-13-10-17(24-16(23-13)12-27-2)25-8-6-18(26,7-9-25)14-4-3-5-15(11-14)28-19(20,21)22/h3-5,10-11,26H,6-9,12H2,1-2H3. The van der Waals surface area contributed by atoms with E-state index in [0.29, 0.717) is 43.9 Å². The Kier molecular flexibility index (Phi) is 5.76. The van der Waals surface area contributed by atoms with Crippen LogP contribution >= 0.6 is 0 Å². The fourth-order valence-electron chi connectivity index (χ4n) is 3.34. The van der Waals surface area contributed by atoms with E-state index in [9.17, 15) is 18.3 Å². The van der Waals surface area contributed by atoms with Crippen molar-refractivity contribution in [3.8, 4) is 5.75 Å². The summed E-state index contributed by atoms with van der Waals surface area (Å²) in [6.45, 7) is 3.18. The van der Waals surface area contributed by atoms with Gasteiger partial charge in [-0.2, -0.15) is 0 Å². The molecule has 1 saturated heterocycles. The molecule has 9 heteroatoms. The molecule has 1 N–H and O–H groups in total. The zero-order valence-corrected chi connectivity index (χ0v) is 15.7. The maximum atomic E-state index is 12.5. The SMILES string of the molecule is COCc1nc(C)cc(N2CCC(O)(c3cccc(OC(F)(F)F)c3)CC2)n1. The summed E-state index contributed by atoms with van der Waals surface area (Å²) in [5.74, 6) is 0.988. The lowest BCUT2D eigenvalue weighted by atomic mass is 9.84. The number of aliphatic hydroxyl groups is 1. The minimum Gasteiger partial charge on any atom is -0.406 e. The molecule has 0 unspecified atom stereocenters. The Morgan fingerprint density at radius 3 is 2.54 bits per heavy atom. The third-order valence-electron chi connectivity index (χ3n) is 4.68. The summed E-state index contributed by atoms with van der Waals surface area (Å²) in [5.41, 5.74) is 0.00144. The van der Waals surface area contributed by atoms with Crippen LogP contribution in [0.1, 0.15) is 29.9 Å². The van der Waals surface area contributed by atoms with Crippen molar-refractivity contribution in [1.29, 1.82) is 0 Å². The van der Waals surface area contributed by atoms with Gasteiger partial charge in [-0.25, -0.2) is 9.97 Å². The van der Waals surface area contributed by atoms with E-state index in [1.165, 1.54) is 18.2 Å². The van der Waals surface area contributed by atoms with E-state index in [-0.39, 0.29) is 5.75 Å². The smallest absolute Gasteiger partial charge is 0.406 e. The van der Waals surface area contributed by atoms with Crippen LogP contribution in [0.15, 0.2) is 30.3 Å². The van der Waals surface area contributed by atoms with Gasteiger partial charge >= 0.3 is 6.36 Å². The highest BCUT2D eigenvalue weighted by Crippen LogP contribution is 2.36. The molecule has 0 atom stereocenters. The van der Waals surface area contributed by atoms with Crippen LogP contribution in [0.3, 0.4) is 0 Å². The lowest BCUT2D eigenvalue weighted by molar-refractivity contribution is -0.274. The largest absolute Gasteiger partial charge is 0.573 e. The molecule has 1 aromatic carbocycles. The first-order valence-corrected chi connectivity index (χ1v) is 8.86. The van der Waals surface area contributed by atoms with Crippen molar-refractivity contribution in [2.75, 3.05) is 25.1 Å². The van der Waals surface area contributed by atoms with Crippen molar-refractivity contribution in [1.82, 2.24) is 9.97 Å². The fraction of sp³-hybridized carbons (Fsp3) is 0.474. The van der Waals surface area contributed by atoms with E-state index in [2.05, 4.69) is 14.7 Å². The molecule has 1 fully saturated rings. The number of piperidine rings is 1. The second-order valence-electron chi connectivity index (χ2n) is 6.81. The third kappa shape index (κ3) is 4.90. The number of aromatic nitrogens is 2. The first-order chi connectivity index (χ1) is 13.2. The zero-order chi connectivity index (χ0) is 20.4. The summed E-state index contributed by atoms with van der Waals surface area (Å²) in [5, 5.41) is 11.0. The van der Waals surface area contributed by atoms with E-state index < -0.39 is 12.0 Å². The third-order valence-corrected chi connectivity index (χ3v) is 4.68. The molecule has 0 spiro atoms. The Morgan fingerprint density at radius 1 is 1.18 bits per heavy atom. The monoisotopic (exact) mass is 397 g/mol. The van der Waals surface area contributed by atoms with E-state index >= 15 is 0 Å². The highest BCUT2D eigenvalue weighted by atomic mass is 19.4. The molecule has 2 heterocycles. The van der Waals surface area contributed by atoms with Gasteiger partial charge in [0.1, 0.15) is 18.2 Å². The normalized spacial score (nSPS) is 16.9. The molecule has 6 nitrogen and oxygen atoms in total. The molecular weight excluding hydrogens is 375 g/mol. The number of nitrogens with zero attached hydrogens (tertiary/aromatic N) is 3. The molecular formula is C19H22F3N3O3. The van der Waals surface area contributed by atoms with Gasteiger partial charge in [0, 0.05) is 32.0 Å². The Bertz CT molecular complexity index is 822. The van der Waals surface area contributed by atoms with E-state index in [1.807, 2.05) is 17.9 Å². The van der Waals surface area contributed by atoms with Gasteiger partial charge in [-0.15, -0.1) is 13.2 Å². The summed E-state index contributed by atoms with van der Waals surface area (Å²) in [7, 11) is 1.57. The number of hydrogen-bond donors (Lipinski definition) is 1. The summed E-state index contributed by atoms with van der Waals surface area (Å²) >= 11 is 0. The first-order valence-electron chi connectivity index (χ1n) is 8.86. The molecule has 1 aromatic heterocycles. The number of anilines is 1. The quantitative estimate of drug-likeness (QED) is 0.835. The van der Waals surface area contributed by atoms with Gasteiger partial charge in [0.25, 0.3) is 0 Å². The Balaban J connectivity index is 1.73. The van der Waals surface area contributed by atoms with Crippen molar-refractivity contribution in [3.63, 3.8) is 0 Å². The van der Waals surface area contributed by atoms with Crippen LogP contribution in [-0.2, 0) is 16.9 Å². The molecule has 0 saturated carbocycles. The van der Waals surface area contributed by atoms with Gasteiger partial charge in [-0.3, -0.25) is 0 Å². The molecule has 152 valence electrons. The van der Waals surface area contributed by atoms with Gasteiger partial charge < -0.3 is 19.5 Å². The molecule has 1 aliphatic heterocycles. The highest BCUT2D eigenvalue weighted by Gasteiger charge is 2.36. The predicted octanol–water partition coefficient (Wildman–Crippen LogP) is 3.32. The molecule has 0 bridgehead atoms. The van der Waals surface area contributed by atoms with Crippen LogP contribution in [0.4, 0.5) is 19.0 Å². The van der Waals surface area contributed by atoms with Gasteiger partial charge in [-0.05, 0) is 37.5 Å². The van der Waals surface area contributed by atoms with Crippen LogP contribution in [0.5, 0.6) is 5.75 Å². The maximum Gasteiger partial charge on any atom is 0.573 e. The van der Waals surface area contributed by atoms with Crippen LogP contribution in [0, 0.1) is 6.92 Å². The average molecular weight is 397 g/mol. The number of hydrogen-bond acceptors (Lipinski definition) is 6. The lowest BCUT2D eigenvalue weighted by Gasteiger charge is -2.39. The van der Waals surface area contributed by atoms with Crippen molar-refractivity contribution in [2.24, 2.45) is 0 Å². The second-order valence-corrected chi connectivity index (χ2v) is 6.81. The molecule has 2 aromatic rings. The summed E-state index contributed by atoms with van der Waals surface area (Å²) in [6, 6.07) is 7.39. The average Bonchev–Trinajstić information content (AvgIpc) is 2.61. The molecule has 0 aliphatic carbocycles. The van der Waals surface area contributed by atoms with Gasteiger partial charge in [0.05, 0.1) is 5.60 Å². The van der Waals surface area contributed by atoms with Gasteiger partial charge in [0.15, 0.2) is 5.82 Å². The number of halogens is 3. The van der Waals surface area contributed by atoms with E-state index in [1.54, 1.807) is 13.2 Å². The summed E-state index contributed by atoms with van der Waals surface area (Å²) < 4.78 is 46.4. The highest BCUT2D eigenvalue weighted by molar-refractivity contribution is 5.42. The number of benzene rings is 1. The number of ether oxygens (including phenoxy) is 2. The van der Waals surface area contributed by atoms with Crippen molar-refractivity contribution in [3.05, 3.63) is 47.4 Å². The summed E-state index contributed by atoms with van der Waals surface area (Å²) in [6.07, 6.45) is -4.06.